The van der Waals surface area contributed by atoms with E-state index in [4.69, 9.17) is 0 Å². The molecule has 0 fully saturated rings. The van der Waals surface area contributed by atoms with Crippen LogP contribution < -0.4 is 5.32 Å². The fourth-order valence-corrected chi connectivity index (χ4v) is 3.84. The Morgan fingerprint density at radius 3 is 2.46 bits per heavy atom. The first kappa shape index (κ1) is 20.1. The third-order valence-electron chi connectivity index (χ3n) is 4.55. The minimum Gasteiger partial charge on any atom is -0.351 e. The van der Waals surface area contributed by atoms with Gasteiger partial charge in [0.05, 0.1) is 5.25 Å². The molecular weight excluding hydrogens is 368 g/mol. The average Bonchev–Trinajstić information content (AvgIpc) is 3.09. The largest absolute Gasteiger partial charge is 0.351 e. The highest BCUT2D eigenvalue weighted by atomic mass is 32.2. The van der Waals surface area contributed by atoms with Gasteiger partial charge >= 0.3 is 0 Å². The molecule has 0 saturated heterocycles. The van der Waals surface area contributed by atoms with Crippen LogP contribution in [0.4, 0.5) is 0 Å². The van der Waals surface area contributed by atoms with Crippen LogP contribution in [0.25, 0.3) is 0 Å². The number of hydrogen-bond donors (Lipinski definition) is 1. The molecule has 28 heavy (non-hydrogen) atoms. The lowest BCUT2D eigenvalue weighted by Crippen LogP contribution is -2.30. The Kier molecular flexibility index (Phi) is 6.87. The van der Waals surface area contributed by atoms with Gasteiger partial charge in [-0.1, -0.05) is 71.9 Å². The third-order valence-corrected chi connectivity index (χ3v) is 5.63. The van der Waals surface area contributed by atoms with E-state index in [2.05, 4.69) is 58.2 Å². The molecule has 1 heterocycles. The second-order valence-corrected chi connectivity index (χ2v) is 8.08. The molecule has 1 N–H and O–H groups in total. The fourth-order valence-electron chi connectivity index (χ4n) is 2.88. The molecule has 6 heteroatoms. The van der Waals surface area contributed by atoms with Crippen LogP contribution in [-0.2, 0) is 24.3 Å². The van der Waals surface area contributed by atoms with Crippen LogP contribution in [0.15, 0.2) is 59.8 Å². The van der Waals surface area contributed by atoms with Gasteiger partial charge in [0.1, 0.15) is 5.82 Å². The van der Waals surface area contributed by atoms with E-state index in [0.717, 1.165) is 29.5 Å². The van der Waals surface area contributed by atoms with Crippen molar-refractivity contribution in [2.24, 2.45) is 0 Å². The molecule has 0 bridgehead atoms. The Balaban J connectivity index is 1.60. The van der Waals surface area contributed by atoms with Gasteiger partial charge in [-0.2, -0.15) is 0 Å². The van der Waals surface area contributed by atoms with Crippen molar-refractivity contribution in [3.05, 3.63) is 77.1 Å². The van der Waals surface area contributed by atoms with Crippen molar-refractivity contribution in [2.45, 2.75) is 50.7 Å². The van der Waals surface area contributed by atoms with E-state index in [1.807, 2.05) is 37.3 Å². The zero-order chi connectivity index (χ0) is 19.9. The van der Waals surface area contributed by atoms with E-state index in [9.17, 15) is 4.79 Å². The maximum atomic E-state index is 12.5. The highest BCUT2D eigenvalue weighted by Gasteiger charge is 2.19. The zero-order valence-electron chi connectivity index (χ0n) is 16.6. The molecule has 5 nitrogen and oxygen atoms in total. The summed E-state index contributed by atoms with van der Waals surface area (Å²) in [5, 5.41) is 12.2. The quantitative estimate of drug-likeness (QED) is 0.587. The van der Waals surface area contributed by atoms with E-state index in [1.165, 1.54) is 22.9 Å². The Bertz CT molecular complexity index is 906. The second kappa shape index (κ2) is 9.55. The lowest BCUT2D eigenvalue weighted by molar-refractivity contribution is -0.120. The van der Waals surface area contributed by atoms with Gasteiger partial charge in [0.25, 0.3) is 0 Å². The standard InChI is InChI=1S/C22H26N4OS/c1-4-26-20(14-18-8-6-5-7-9-18)24-25-22(26)28-17(3)21(27)23-15-19-12-10-16(2)11-13-19/h5-13,17H,4,14-15H2,1-3H3,(H,23,27)/t17-/m1/s1. The second-order valence-electron chi connectivity index (χ2n) is 6.77. The van der Waals surface area contributed by atoms with Gasteiger partial charge in [-0.15, -0.1) is 10.2 Å². The van der Waals surface area contributed by atoms with Crippen molar-refractivity contribution in [3.8, 4) is 0 Å². The molecule has 3 rings (SSSR count). The molecule has 0 unspecified atom stereocenters. The Labute approximate surface area is 170 Å². The van der Waals surface area contributed by atoms with Crippen molar-refractivity contribution in [1.82, 2.24) is 20.1 Å². The molecule has 0 aliphatic carbocycles. The van der Waals surface area contributed by atoms with Gasteiger partial charge in [0.2, 0.25) is 5.91 Å². The highest BCUT2D eigenvalue weighted by Crippen LogP contribution is 2.23. The SMILES string of the molecule is CCn1c(Cc2ccccc2)nnc1S[C@H](C)C(=O)NCc1ccc(C)cc1. The van der Waals surface area contributed by atoms with Crippen molar-refractivity contribution >= 4 is 17.7 Å². The molecule has 2 aromatic carbocycles. The first-order valence-corrected chi connectivity index (χ1v) is 10.4. The number of hydrogen-bond acceptors (Lipinski definition) is 4. The molecule has 146 valence electrons. The number of nitrogens with one attached hydrogen (secondary N) is 1. The normalized spacial score (nSPS) is 12.0. The summed E-state index contributed by atoms with van der Waals surface area (Å²) in [5.41, 5.74) is 3.51. The number of carbonyl (C=O) groups excluding carboxylic acids is 1. The zero-order valence-corrected chi connectivity index (χ0v) is 17.4. The Morgan fingerprint density at radius 1 is 1.07 bits per heavy atom. The molecule has 1 atom stereocenters. The Morgan fingerprint density at radius 2 is 1.79 bits per heavy atom. The molecule has 0 saturated carbocycles. The summed E-state index contributed by atoms with van der Waals surface area (Å²) in [6, 6.07) is 18.4. The summed E-state index contributed by atoms with van der Waals surface area (Å²) in [4.78, 5) is 12.5. The van der Waals surface area contributed by atoms with E-state index in [1.54, 1.807) is 0 Å². The smallest absolute Gasteiger partial charge is 0.233 e. The van der Waals surface area contributed by atoms with Gasteiger partial charge in [-0.05, 0) is 31.9 Å². The number of amides is 1. The third kappa shape index (κ3) is 5.23. The van der Waals surface area contributed by atoms with Gasteiger partial charge in [-0.25, -0.2) is 0 Å². The van der Waals surface area contributed by atoms with Gasteiger partial charge in [0, 0.05) is 19.5 Å². The lowest BCUT2D eigenvalue weighted by atomic mass is 10.1. The predicted octanol–water partition coefficient (Wildman–Crippen LogP) is 3.99. The molecule has 1 aromatic heterocycles. The summed E-state index contributed by atoms with van der Waals surface area (Å²) in [6.07, 6.45) is 0.732. The van der Waals surface area contributed by atoms with Crippen molar-refractivity contribution < 1.29 is 4.79 Å². The first-order chi connectivity index (χ1) is 13.6. The fraction of sp³-hybridized carbons (Fsp3) is 0.318. The number of aromatic nitrogens is 3. The van der Waals surface area contributed by atoms with Crippen molar-refractivity contribution in [1.29, 1.82) is 0 Å². The molecule has 0 aliphatic heterocycles. The van der Waals surface area contributed by atoms with E-state index in [0.29, 0.717) is 6.54 Å². The number of aryl methyl sites for hydroxylation is 1. The number of thioether (sulfide) groups is 1. The van der Waals surface area contributed by atoms with Crippen LogP contribution >= 0.6 is 11.8 Å². The van der Waals surface area contributed by atoms with E-state index >= 15 is 0 Å². The van der Waals surface area contributed by atoms with Crippen LogP contribution in [0.3, 0.4) is 0 Å². The molecular formula is C22H26N4OS. The average molecular weight is 395 g/mol. The predicted molar refractivity (Wildman–Crippen MR) is 113 cm³/mol. The van der Waals surface area contributed by atoms with Crippen molar-refractivity contribution in [3.63, 3.8) is 0 Å². The minimum absolute atomic E-state index is 0.000775. The highest BCUT2D eigenvalue weighted by molar-refractivity contribution is 8.00. The van der Waals surface area contributed by atoms with Crippen LogP contribution in [-0.4, -0.2) is 25.9 Å². The lowest BCUT2D eigenvalue weighted by Gasteiger charge is -2.13. The summed E-state index contributed by atoms with van der Waals surface area (Å²) >= 11 is 1.45. The molecule has 0 spiro atoms. The summed E-state index contributed by atoms with van der Waals surface area (Å²) < 4.78 is 2.08. The van der Waals surface area contributed by atoms with Crippen LogP contribution in [0, 0.1) is 6.92 Å². The molecule has 1 amide bonds. The number of rotatable bonds is 8. The van der Waals surface area contributed by atoms with Crippen molar-refractivity contribution in [2.75, 3.05) is 0 Å². The van der Waals surface area contributed by atoms with Gasteiger partial charge < -0.3 is 9.88 Å². The summed E-state index contributed by atoms with van der Waals surface area (Å²) in [5.74, 6) is 0.921. The van der Waals surface area contributed by atoms with Gasteiger partial charge in [-0.3, -0.25) is 4.79 Å². The minimum atomic E-state index is -0.246. The number of benzene rings is 2. The topological polar surface area (TPSA) is 59.8 Å². The maximum absolute atomic E-state index is 12.5. The monoisotopic (exact) mass is 394 g/mol. The van der Waals surface area contributed by atoms with Crippen LogP contribution in [0.2, 0.25) is 0 Å². The number of carbonyl (C=O) groups is 1. The van der Waals surface area contributed by atoms with Gasteiger partial charge in [0.15, 0.2) is 5.16 Å². The van der Waals surface area contributed by atoms with Crippen LogP contribution in [0.1, 0.15) is 36.4 Å². The first-order valence-electron chi connectivity index (χ1n) is 9.52. The van der Waals surface area contributed by atoms with Crippen LogP contribution in [0.5, 0.6) is 0 Å². The summed E-state index contributed by atoms with van der Waals surface area (Å²) in [6.45, 7) is 7.33. The summed E-state index contributed by atoms with van der Waals surface area (Å²) in [7, 11) is 0. The van der Waals surface area contributed by atoms with E-state index in [-0.39, 0.29) is 11.2 Å². The molecule has 0 aliphatic rings. The molecule has 0 radical (unpaired) electrons. The molecule has 3 aromatic rings. The Hall–Kier alpha value is -2.60. The maximum Gasteiger partial charge on any atom is 0.233 e. The van der Waals surface area contributed by atoms with E-state index < -0.39 is 0 Å². The number of nitrogens with zero attached hydrogens (tertiary/aromatic N) is 3.